The van der Waals surface area contributed by atoms with Crippen molar-refractivity contribution in [2.45, 2.75) is 13.1 Å². The monoisotopic (exact) mass is 419 g/mol. The lowest BCUT2D eigenvalue weighted by Crippen LogP contribution is -2.33. The van der Waals surface area contributed by atoms with Crippen molar-refractivity contribution in [3.05, 3.63) is 82.2 Å². The third-order valence-electron chi connectivity index (χ3n) is 4.98. The lowest BCUT2D eigenvalue weighted by Gasteiger charge is -2.19. The lowest BCUT2D eigenvalue weighted by atomic mass is 10.1. The minimum atomic E-state index is -0.209. The SMILES string of the molecule is COc1ccccc1CN(C)C(=O)Cn1cnc2scc(-c3ccccc3)c2c1=O. The molecular weight excluding hydrogens is 398 g/mol. The second kappa shape index (κ2) is 8.51. The van der Waals surface area contributed by atoms with E-state index in [2.05, 4.69) is 4.98 Å². The minimum absolute atomic E-state index is 0.0719. The van der Waals surface area contributed by atoms with E-state index in [9.17, 15) is 9.59 Å². The number of likely N-dealkylation sites (N-methyl/N-ethyl adjacent to an activating group) is 1. The van der Waals surface area contributed by atoms with Crippen LogP contribution in [0.2, 0.25) is 0 Å². The molecule has 0 saturated heterocycles. The topological polar surface area (TPSA) is 64.4 Å². The first-order chi connectivity index (χ1) is 14.6. The van der Waals surface area contributed by atoms with E-state index in [-0.39, 0.29) is 18.0 Å². The summed E-state index contributed by atoms with van der Waals surface area (Å²) in [5.74, 6) is 0.545. The first kappa shape index (κ1) is 19.8. The molecule has 0 N–H and O–H groups in total. The van der Waals surface area contributed by atoms with E-state index in [1.54, 1.807) is 19.1 Å². The average Bonchev–Trinajstić information content (AvgIpc) is 3.21. The molecule has 1 amide bonds. The molecule has 0 aliphatic rings. The van der Waals surface area contributed by atoms with Crippen LogP contribution < -0.4 is 10.3 Å². The minimum Gasteiger partial charge on any atom is -0.496 e. The van der Waals surface area contributed by atoms with Crippen molar-refractivity contribution >= 4 is 27.5 Å². The van der Waals surface area contributed by atoms with Gasteiger partial charge in [0.2, 0.25) is 5.91 Å². The molecular formula is C23H21N3O3S. The molecule has 2 heterocycles. The predicted octanol–water partition coefficient (Wildman–Crippen LogP) is 3.79. The van der Waals surface area contributed by atoms with Crippen molar-refractivity contribution in [2.75, 3.05) is 14.2 Å². The second-order valence-electron chi connectivity index (χ2n) is 6.93. The maximum Gasteiger partial charge on any atom is 0.263 e. The zero-order valence-corrected chi connectivity index (χ0v) is 17.6. The van der Waals surface area contributed by atoms with E-state index in [0.717, 1.165) is 22.4 Å². The Labute approximate surface area is 178 Å². The van der Waals surface area contributed by atoms with E-state index in [0.29, 0.717) is 16.8 Å². The van der Waals surface area contributed by atoms with Gasteiger partial charge in [0.25, 0.3) is 5.56 Å². The highest BCUT2D eigenvalue weighted by atomic mass is 32.1. The molecule has 0 saturated carbocycles. The summed E-state index contributed by atoms with van der Waals surface area (Å²) in [6, 6.07) is 17.3. The highest BCUT2D eigenvalue weighted by Crippen LogP contribution is 2.30. The van der Waals surface area contributed by atoms with Crippen LogP contribution in [0.1, 0.15) is 5.56 Å². The summed E-state index contributed by atoms with van der Waals surface area (Å²) in [4.78, 5) is 32.6. The fraction of sp³-hybridized carbons (Fsp3) is 0.174. The number of aromatic nitrogens is 2. The number of amides is 1. The Morgan fingerprint density at radius 2 is 1.87 bits per heavy atom. The Balaban J connectivity index is 1.60. The molecule has 152 valence electrons. The van der Waals surface area contributed by atoms with E-state index < -0.39 is 0 Å². The van der Waals surface area contributed by atoms with Gasteiger partial charge in [0, 0.05) is 30.1 Å². The number of hydrogen-bond acceptors (Lipinski definition) is 5. The van der Waals surface area contributed by atoms with Gasteiger partial charge in [-0.25, -0.2) is 4.98 Å². The summed E-state index contributed by atoms with van der Waals surface area (Å²) in [5.41, 5.74) is 2.50. The average molecular weight is 420 g/mol. The highest BCUT2D eigenvalue weighted by molar-refractivity contribution is 7.17. The van der Waals surface area contributed by atoms with Gasteiger partial charge in [-0.2, -0.15) is 0 Å². The largest absolute Gasteiger partial charge is 0.496 e. The molecule has 4 aromatic rings. The Bertz CT molecular complexity index is 1250. The fourth-order valence-corrected chi connectivity index (χ4v) is 4.26. The lowest BCUT2D eigenvalue weighted by molar-refractivity contribution is -0.131. The molecule has 2 aromatic carbocycles. The number of benzene rings is 2. The van der Waals surface area contributed by atoms with Gasteiger partial charge in [0.15, 0.2) is 0 Å². The fourth-order valence-electron chi connectivity index (χ4n) is 3.35. The standard InChI is InChI=1S/C23H21N3O3S/c1-25(12-17-10-6-7-11-19(17)29-2)20(27)13-26-15-24-22-21(23(26)28)18(14-30-22)16-8-4-3-5-9-16/h3-11,14-15H,12-13H2,1-2H3. The van der Waals surface area contributed by atoms with Crippen LogP contribution in [0.25, 0.3) is 21.3 Å². The van der Waals surface area contributed by atoms with Crippen molar-refractivity contribution in [1.29, 1.82) is 0 Å². The van der Waals surface area contributed by atoms with Crippen LogP contribution in [0.5, 0.6) is 5.75 Å². The quantitative estimate of drug-likeness (QED) is 0.477. The molecule has 0 aliphatic heterocycles. The molecule has 0 unspecified atom stereocenters. The van der Waals surface area contributed by atoms with E-state index in [1.807, 2.05) is 60.0 Å². The number of carbonyl (C=O) groups excluding carboxylic acids is 1. The predicted molar refractivity (Wildman–Crippen MR) is 119 cm³/mol. The van der Waals surface area contributed by atoms with Crippen LogP contribution in [0, 0.1) is 0 Å². The Morgan fingerprint density at radius 1 is 1.13 bits per heavy atom. The first-order valence-corrected chi connectivity index (χ1v) is 10.3. The van der Waals surface area contributed by atoms with Crippen molar-refractivity contribution in [3.63, 3.8) is 0 Å². The molecule has 0 fully saturated rings. The van der Waals surface area contributed by atoms with E-state index in [4.69, 9.17) is 4.74 Å². The van der Waals surface area contributed by atoms with Crippen LogP contribution in [0.15, 0.2) is 71.1 Å². The molecule has 2 aromatic heterocycles. The van der Waals surface area contributed by atoms with Crippen LogP contribution >= 0.6 is 11.3 Å². The van der Waals surface area contributed by atoms with Gasteiger partial charge in [-0.3, -0.25) is 14.2 Å². The number of rotatable bonds is 6. The maximum atomic E-state index is 13.1. The van der Waals surface area contributed by atoms with Crippen LogP contribution in [-0.4, -0.2) is 34.5 Å². The zero-order valence-electron chi connectivity index (χ0n) is 16.7. The second-order valence-corrected chi connectivity index (χ2v) is 7.79. The Kier molecular flexibility index (Phi) is 5.63. The number of ether oxygens (including phenoxy) is 1. The van der Waals surface area contributed by atoms with Gasteiger partial charge < -0.3 is 9.64 Å². The molecule has 6 nitrogen and oxygen atoms in total. The summed E-state index contributed by atoms with van der Waals surface area (Å²) in [7, 11) is 3.32. The first-order valence-electron chi connectivity index (χ1n) is 9.46. The smallest absolute Gasteiger partial charge is 0.263 e. The Morgan fingerprint density at radius 3 is 2.63 bits per heavy atom. The van der Waals surface area contributed by atoms with E-state index >= 15 is 0 Å². The number of thiophene rings is 1. The molecule has 0 bridgehead atoms. The highest BCUT2D eigenvalue weighted by Gasteiger charge is 2.17. The molecule has 4 rings (SSSR count). The molecule has 0 atom stereocenters. The normalized spacial score (nSPS) is 10.9. The van der Waals surface area contributed by atoms with Gasteiger partial charge >= 0.3 is 0 Å². The van der Waals surface area contributed by atoms with Crippen molar-refractivity contribution in [1.82, 2.24) is 14.5 Å². The number of nitrogens with zero attached hydrogens (tertiary/aromatic N) is 3. The number of methoxy groups -OCH3 is 1. The van der Waals surface area contributed by atoms with Gasteiger partial charge in [0.1, 0.15) is 17.1 Å². The van der Waals surface area contributed by atoms with Crippen molar-refractivity contribution < 1.29 is 9.53 Å². The van der Waals surface area contributed by atoms with Crippen molar-refractivity contribution in [2.24, 2.45) is 0 Å². The zero-order chi connectivity index (χ0) is 21.1. The third-order valence-corrected chi connectivity index (χ3v) is 5.86. The van der Waals surface area contributed by atoms with Crippen LogP contribution in [0.3, 0.4) is 0 Å². The summed E-state index contributed by atoms with van der Waals surface area (Å²) >= 11 is 1.43. The summed E-state index contributed by atoms with van der Waals surface area (Å²) < 4.78 is 6.73. The van der Waals surface area contributed by atoms with Crippen LogP contribution in [-0.2, 0) is 17.9 Å². The molecule has 7 heteroatoms. The molecule has 30 heavy (non-hydrogen) atoms. The summed E-state index contributed by atoms with van der Waals surface area (Å²) in [5, 5.41) is 2.49. The van der Waals surface area contributed by atoms with Gasteiger partial charge in [-0.1, -0.05) is 48.5 Å². The molecule has 0 aliphatic carbocycles. The summed E-state index contributed by atoms with van der Waals surface area (Å²) in [6.07, 6.45) is 1.45. The summed E-state index contributed by atoms with van der Waals surface area (Å²) in [6.45, 7) is 0.318. The van der Waals surface area contributed by atoms with E-state index in [1.165, 1.54) is 22.2 Å². The third kappa shape index (κ3) is 3.84. The Hall–Kier alpha value is -3.45. The maximum absolute atomic E-state index is 13.1. The van der Waals surface area contributed by atoms with Gasteiger partial charge in [-0.15, -0.1) is 11.3 Å². The number of carbonyl (C=O) groups is 1. The van der Waals surface area contributed by atoms with Crippen molar-refractivity contribution in [3.8, 4) is 16.9 Å². The van der Waals surface area contributed by atoms with Gasteiger partial charge in [-0.05, 0) is 11.6 Å². The number of fused-ring (bicyclic) bond motifs is 1. The number of para-hydroxylation sites is 1. The number of hydrogen-bond donors (Lipinski definition) is 0. The van der Waals surface area contributed by atoms with Crippen LogP contribution in [0.4, 0.5) is 0 Å². The molecule has 0 spiro atoms. The molecule has 0 radical (unpaired) electrons. The van der Waals surface area contributed by atoms with Gasteiger partial charge in [0.05, 0.1) is 18.8 Å².